The molecule has 0 saturated heterocycles. The lowest BCUT2D eigenvalue weighted by Gasteiger charge is -2.07. The van der Waals surface area contributed by atoms with E-state index in [1.165, 1.54) is 17.0 Å². The van der Waals surface area contributed by atoms with Crippen molar-refractivity contribution in [3.63, 3.8) is 0 Å². The van der Waals surface area contributed by atoms with Crippen molar-refractivity contribution in [1.82, 2.24) is 9.66 Å². The molecule has 1 aromatic carbocycles. The molecule has 0 bridgehead atoms. The molecule has 0 saturated carbocycles. The van der Waals surface area contributed by atoms with Gasteiger partial charge in [0, 0.05) is 17.2 Å². The first-order valence-corrected chi connectivity index (χ1v) is 6.14. The number of phenolic OH excluding ortho intramolecular Hbond substituents is 1. The number of imidazole rings is 1. The van der Waals surface area contributed by atoms with E-state index in [4.69, 9.17) is 5.73 Å². The minimum atomic E-state index is -0.491. The first-order chi connectivity index (χ1) is 9.81. The third-order valence-electron chi connectivity index (χ3n) is 3.11. The first kappa shape index (κ1) is 14.5. The van der Waals surface area contributed by atoms with E-state index in [1.807, 2.05) is 0 Å². The molecular formula is C13H15N5O3. The Labute approximate surface area is 120 Å². The first-order valence-electron chi connectivity index (χ1n) is 6.14. The van der Waals surface area contributed by atoms with Gasteiger partial charge in [-0.2, -0.15) is 5.10 Å². The van der Waals surface area contributed by atoms with Crippen LogP contribution in [0.25, 0.3) is 0 Å². The average Bonchev–Trinajstić information content (AvgIpc) is 2.72. The molecule has 21 heavy (non-hydrogen) atoms. The number of anilines is 1. The molecule has 1 aromatic heterocycles. The van der Waals surface area contributed by atoms with Crippen molar-refractivity contribution in [2.45, 2.75) is 20.8 Å². The van der Waals surface area contributed by atoms with Gasteiger partial charge in [-0.15, -0.1) is 0 Å². The van der Waals surface area contributed by atoms with E-state index in [9.17, 15) is 15.2 Å². The van der Waals surface area contributed by atoms with Gasteiger partial charge in [0.1, 0.15) is 5.75 Å². The fourth-order valence-electron chi connectivity index (χ4n) is 1.97. The zero-order chi connectivity index (χ0) is 15.7. The number of hydrogen-bond acceptors (Lipinski definition) is 6. The second-order valence-electron chi connectivity index (χ2n) is 4.69. The second-order valence-corrected chi connectivity index (χ2v) is 4.69. The highest BCUT2D eigenvalue weighted by molar-refractivity contribution is 5.88. The van der Waals surface area contributed by atoms with Crippen molar-refractivity contribution in [3.8, 4) is 5.75 Å². The van der Waals surface area contributed by atoms with Gasteiger partial charge in [-0.1, -0.05) is 0 Å². The van der Waals surface area contributed by atoms with Crippen LogP contribution in [-0.4, -0.2) is 25.9 Å². The number of hydrogen-bond donors (Lipinski definition) is 2. The zero-order valence-electron chi connectivity index (χ0n) is 11.9. The number of nitro groups is 1. The van der Waals surface area contributed by atoms with Gasteiger partial charge in [0.05, 0.1) is 23.0 Å². The summed E-state index contributed by atoms with van der Waals surface area (Å²) in [6, 6.07) is 1.33. The van der Waals surface area contributed by atoms with Crippen molar-refractivity contribution >= 4 is 17.9 Å². The van der Waals surface area contributed by atoms with Gasteiger partial charge in [-0.3, -0.25) is 10.1 Å². The smallest absolute Gasteiger partial charge is 0.273 e. The summed E-state index contributed by atoms with van der Waals surface area (Å²) in [5, 5.41) is 25.2. The SMILES string of the molecule is Cc1cn(N=Cc2c(C)c([N+](=O)[O-])cc(C)c2O)c(N)n1. The largest absolute Gasteiger partial charge is 0.507 e. The molecule has 0 aliphatic rings. The normalized spacial score (nSPS) is 11.2. The zero-order valence-corrected chi connectivity index (χ0v) is 11.9. The van der Waals surface area contributed by atoms with Crippen molar-refractivity contribution in [2.24, 2.45) is 5.10 Å². The summed E-state index contributed by atoms with van der Waals surface area (Å²) in [5.41, 5.74) is 7.31. The molecule has 0 spiro atoms. The van der Waals surface area contributed by atoms with Crippen molar-refractivity contribution in [3.05, 3.63) is 44.8 Å². The molecule has 2 aromatic rings. The monoisotopic (exact) mass is 289 g/mol. The van der Waals surface area contributed by atoms with Crippen molar-refractivity contribution in [1.29, 1.82) is 0 Å². The maximum absolute atomic E-state index is 11.0. The Bertz CT molecular complexity index is 749. The Morgan fingerprint density at radius 3 is 2.67 bits per heavy atom. The number of benzene rings is 1. The van der Waals surface area contributed by atoms with Crippen molar-refractivity contribution in [2.75, 3.05) is 5.73 Å². The van der Waals surface area contributed by atoms with Gasteiger partial charge in [-0.25, -0.2) is 9.66 Å². The minimum absolute atomic E-state index is 0.0442. The summed E-state index contributed by atoms with van der Waals surface area (Å²) in [5.74, 6) is 0.153. The third-order valence-corrected chi connectivity index (χ3v) is 3.11. The number of phenols is 1. The van der Waals surface area contributed by atoms with E-state index in [1.54, 1.807) is 27.0 Å². The summed E-state index contributed by atoms with van der Waals surface area (Å²) < 4.78 is 1.34. The number of aromatic hydroxyl groups is 1. The van der Waals surface area contributed by atoms with Gasteiger partial charge in [0.25, 0.3) is 5.69 Å². The summed E-state index contributed by atoms with van der Waals surface area (Å²) >= 11 is 0. The summed E-state index contributed by atoms with van der Waals surface area (Å²) in [6.45, 7) is 4.92. The highest BCUT2D eigenvalue weighted by Gasteiger charge is 2.18. The fraction of sp³-hybridized carbons (Fsp3) is 0.231. The predicted octanol–water partition coefficient (Wildman–Crippen LogP) is 1.89. The Morgan fingerprint density at radius 2 is 2.14 bits per heavy atom. The lowest BCUT2D eigenvalue weighted by Crippen LogP contribution is -2.01. The molecule has 8 nitrogen and oxygen atoms in total. The van der Waals surface area contributed by atoms with Gasteiger partial charge >= 0.3 is 0 Å². The van der Waals surface area contributed by atoms with E-state index < -0.39 is 4.92 Å². The molecule has 3 N–H and O–H groups in total. The average molecular weight is 289 g/mol. The van der Waals surface area contributed by atoms with Crippen LogP contribution in [-0.2, 0) is 0 Å². The maximum Gasteiger partial charge on any atom is 0.273 e. The lowest BCUT2D eigenvalue weighted by molar-refractivity contribution is -0.385. The van der Waals surface area contributed by atoms with Gasteiger partial charge in [0.15, 0.2) is 0 Å². The van der Waals surface area contributed by atoms with Crippen LogP contribution >= 0.6 is 0 Å². The van der Waals surface area contributed by atoms with E-state index in [0.717, 1.165) is 0 Å². The molecular weight excluding hydrogens is 274 g/mol. The third kappa shape index (κ3) is 2.69. The Kier molecular flexibility index (Phi) is 3.62. The van der Waals surface area contributed by atoms with Crippen molar-refractivity contribution < 1.29 is 10.0 Å². The Balaban J connectivity index is 2.53. The van der Waals surface area contributed by atoms with E-state index in [2.05, 4.69) is 10.1 Å². The number of nitrogens with two attached hydrogens (primary N) is 1. The second kappa shape index (κ2) is 5.23. The van der Waals surface area contributed by atoms with Crippen LogP contribution < -0.4 is 5.73 Å². The maximum atomic E-state index is 11.0. The quantitative estimate of drug-likeness (QED) is 0.508. The Hall–Kier alpha value is -2.90. The summed E-state index contributed by atoms with van der Waals surface area (Å²) in [6.07, 6.45) is 2.95. The molecule has 0 fully saturated rings. The summed E-state index contributed by atoms with van der Waals surface area (Å²) in [7, 11) is 0. The predicted molar refractivity (Wildman–Crippen MR) is 78.6 cm³/mol. The molecule has 0 aliphatic heterocycles. The van der Waals surface area contributed by atoms with Crippen LogP contribution in [0.1, 0.15) is 22.4 Å². The molecule has 0 atom stereocenters. The number of aryl methyl sites for hydroxylation is 2. The number of nitro benzene ring substituents is 1. The Morgan fingerprint density at radius 1 is 1.48 bits per heavy atom. The van der Waals surface area contributed by atoms with Crippen LogP contribution in [0.15, 0.2) is 17.4 Å². The van der Waals surface area contributed by atoms with Crippen LogP contribution in [0.4, 0.5) is 11.6 Å². The van der Waals surface area contributed by atoms with Crippen LogP contribution in [0, 0.1) is 30.9 Å². The van der Waals surface area contributed by atoms with Gasteiger partial charge in [0.2, 0.25) is 5.95 Å². The number of rotatable bonds is 3. The standard InChI is InChI=1S/C13H15N5O3/c1-7-4-11(18(20)21)9(3)10(12(7)19)5-15-17-6-8(2)16-13(17)14/h4-6,19H,1-3H3,(H2,14,16). The van der Waals surface area contributed by atoms with Crippen LogP contribution in [0.5, 0.6) is 5.75 Å². The topological polar surface area (TPSA) is 120 Å². The molecule has 0 radical (unpaired) electrons. The minimum Gasteiger partial charge on any atom is -0.507 e. The fourth-order valence-corrected chi connectivity index (χ4v) is 1.97. The lowest BCUT2D eigenvalue weighted by atomic mass is 10.0. The van der Waals surface area contributed by atoms with E-state index >= 15 is 0 Å². The number of aromatic nitrogens is 2. The molecule has 110 valence electrons. The highest BCUT2D eigenvalue weighted by Crippen LogP contribution is 2.31. The number of nitrogens with zero attached hydrogens (tertiary/aromatic N) is 4. The molecule has 8 heteroatoms. The highest BCUT2D eigenvalue weighted by atomic mass is 16.6. The molecule has 0 amide bonds. The van der Waals surface area contributed by atoms with E-state index in [0.29, 0.717) is 16.8 Å². The molecule has 0 aliphatic carbocycles. The van der Waals surface area contributed by atoms with Crippen LogP contribution in [0.3, 0.4) is 0 Å². The molecule has 0 unspecified atom stereocenters. The number of nitrogen functional groups attached to an aromatic ring is 1. The van der Waals surface area contributed by atoms with E-state index in [-0.39, 0.29) is 22.9 Å². The van der Waals surface area contributed by atoms with Gasteiger partial charge in [-0.05, 0) is 26.3 Å². The van der Waals surface area contributed by atoms with Gasteiger partial charge < -0.3 is 10.8 Å². The molecule has 2 rings (SSSR count). The van der Waals surface area contributed by atoms with Crippen LogP contribution in [0.2, 0.25) is 0 Å². The summed E-state index contributed by atoms with van der Waals surface area (Å²) in [4.78, 5) is 14.5. The molecule has 1 heterocycles.